The summed E-state index contributed by atoms with van der Waals surface area (Å²) in [6, 6.07) is 0.0750. The minimum Gasteiger partial charge on any atom is -0.465 e. The number of methoxy groups -OCH3 is 1. The number of hydrogen-bond acceptors (Lipinski definition) is 2. The number of alkyl halides is 3. The third-order valence-corrected chi connectivity index (χ3v) is 1.77. The zero-order valence-electron chi connectivity index (χ0n) is 7.86. The van der Waals surface area contributed by atoms with Crippen LogP contribution in [-0.2, 0) is 10.9 Å². The van der Waals surface area contributed by atoms with Gasteiger partial charge >= 0.3 is 12.1 Å². The molecule has 88 valence electrons. The molecule has 0 radical (unpaired) electrons. The van der Waals surface area contributed by atoms with E-state index >= 15 is 0 Å². The average Bonchev–Trinajstić information content (AvgIpc) is 2.18. The molecule has 1 rings (SSSR count). The summed E-state index contributed by atoms with van der Waals surface area (Å²) >= 11 is 0. The minimum absolute atomic E-state index is 0.0818. The first kappa shape index (κ1) is 12.4. The Labute approximate surface area is 86.6 Å². The first-order valence-electron chi connectivity index (χ1n) is 3.92. The summed E-state index contributed by atoms with van der Waals surface area (Å²) in [5.41, 5.74) is -2.63. The molecule has 0 spiro atoms. The lowest BCUT2D eigenvalue weighted by atomic mass is 10.1. The van der Waals surface area contributed by atoms with E-state index < -0.39 is 34.9 Å². The number of rotatable bonds is 1. The van der Waals surface area contributed by atoms with Crippen molar-refractivity contribution in [1.82, 2.24) is 0 Å². The van der Waals surface area contributed by atoms with E-state index in [1.165, 1.54) is 0 Å². The quantitative estimate of drug-likeness (QED) is 0.557. The molecular weight excluding hydrogens is 235 g/mol. The molecule has 0 saturated heterocycles. The molecule has 0 fully saturated rings. The van der Waals surface area contributed by atoms with Crippen LogP contribution in [0.25, 0.3) is 0 Å². The maximum absolute atomic E-state index is 12.7. The summed E-state index contributed by atoms with van der Waals surface area (Å²) < 4.78 is 66.4. The van der Waals surface area contributed by atoms with Crippen molar-refractivity contribution in [2.75, 3.05) is 7.11 Å². The van der Waals surface area contributed by atoms with Crippen molar-refractivity contribution in [3.8, 4) is 0 Å². The van der Waals surface area contributed by atoms with Crippen molar-refractivity contribution < 1.29 is 31.5 Å². The molecule has 7 heteroatoms. The summed E-state index contributed by atoms with van der Waals surface area (Å²) in [5, 5.41) is 0. The number of benzene rings is 1. The highest BCUT2D eigenvalue weighted by molar-refractivity contribution is 5.91. The molecule has 0 aliphatic rings. The molecule has 0 amide bonds. The molecule has 0 atom stereocenters. The van der Waals surface area contributed by atoms with E-state index in [1.807, 2.05) is 0 Å². The number of carbonyl (C=O) groups excluding carboxylic acids is 1. The highest BCUT2D eigenvalue weighted by Gasteiger charge is 2.37. The molecule has 16 heavy (non-hydrogen) atoms. The van der Waals surface area contributed by atoms with Crippen molar-refractivity contribution in [1.29, 1.82) is 0 Å². The zero-order valence-corrected chi connectivity index (χ0v) is 7.86. The van der Waals surface area contributed by atoms with Crippen LogP contribution < -0.4 is 0 Å². The van der Waals surface area contributed by atoms with Gasteiger partial charge < -0.3 is 4.74 Å². The predicted molar refractivity (Wildman–Crippen MR) is 42.7 cm³/mol. The molecule has 0 aliphatic heterocycles. The third-order valence-electron chi connectivity index (χ3n) is 1.77. The first-order valence-corrected chi connectivity index (χ1v) is 3.92. The van der Waals surface area contributed by atoms with Gasteiger partial charge in [-0.15, -0.1) is 0 Å². The molecule has 0 saturated carbocycles. The van der Waals surface area contributed by atoms with Crippen LogP contribution in [0.4, 0.5) is 22.0 Å². The zero-order chi connectivity index (χ0) is 12.5. The molecule has 1 aromatic carbocycles. The van der Waals surface area contributed by atoms with Gasteiger partial charge in [-0.05, 0) is 12.1 Å². The molecular formula is C9H5F5O2. The number of ether oxygens (including phenoxy) is 1. The Kier molecular flexibility index (Phi) is 3.16. The molecule has 0 unspecified atom stereocenters. The van der Waals surface area contributed by atoms with Gasteiger partial charge in [-0.1, -0.05) is 0 Å². The maximum Gasteiger partial charge on any atom is 0.417 e. The Hall–Kier alpha value is -1.66. The van der Waals surface area contributed by atoms with Crippen LogP contribution in [-0.4, -0.2) is 13.1 Å². The second-order valence-electron chi connectivity index (χ2n) is 2.80. The SMILES string of the molecule is COC(=O)c1cc(F)c(F)cc1C(F)(F)F. The second kappa shape index (κ2) is 4.07. The Balaban J connectivity index is 3.45. The molecule has 0 aromatic heterocycles. The van der Waals surface area contributed by atoms with Gasteiger partial charge in [0.25, 0.3) is 0 Å². The number of esters is 1. The van der Waals surface area contributed by atoms with Gasteiger partial charge in [-0.25, -0.2) is 13.6 Å². The lowest BCUT2D eigenvalue weighted by Gasteiger charge is -2.11. The first-order chi connectivity index (χ1) is 7.27. The molecule has 0 heterocycles. The molecule has 0 N–H and O–H groups in total. The Morgan fingerprint density at radius 3 is 2.12 bits per heavy atom. The van der Waals surface area contributed by atoms with Crippen LogP contribution in [0, 0.1) is 11.6 Å². The molecule has 0 aliphatic carbocycles. The van der Waals surface area contributed by atoms with Crippen molar-refractivity contribution in [2.24, 2.45) is 0 Å². The van der Waals surface area contributed by atoms with Crippen LogP contribution >= 0.6 is 0 Å². The van der Waals surface area contributed by atoms with Gasteiger partial charge in [0, 0.05) is 0 Å². The van der Waals surface area contributed by atoms with E-state index in [1.54, 1.807) is 0 Å². The van der Waals surface area contributed by atoms with E-state index in [0.717, 1.165) is 7.11 Å². The number of hydrogen-bond donors (Lipinski definition) is 0. The van der Waals surface area contributed by atoms with E-state index in [2.05, 4.69) is 4.74 Å². The van der Waals surface area contributed by atoms with Gasteiger partial charge in [0.1, 0.15) is 0 Å². The Bertz CT molecular complexity index is 425. The van der Waals surface area contributed by atoms with Crippen LogP contribution in [0.15, 0.2) is 12.1 Å². The van der Waals surface area contributed by atoms with E-state index in [4.69, 9.17) is 0 Å². The van der Waals surface area contributed by atoms with Gasteiger partial charge in [0.2, 0.25) is 0 Å². The molecule has 2 nitrogen and oxygen atoms in total. The van der Waals surface area contributed by atoms with Crippen LogP contribution in [0.1, 0.15) is 15.9 Å². The second-order valence-corrected chi connectivity index (χ2v) is 2.80. The van der Waals surface area contributed by atoms with Gasteiger partial charge in [0.15, 0.2) is 11.6 Å². The highest BCUT2D eigenvalue weighted by Crippen LogP contribution is 2.33. The normalized spacial score (nSPS) is 11.4. The van der Waals surface area contributed by atoms with Crippen LogP contribution in [0.3, 0.4) is 0 Å². The number of halogens is 5. The predicted octanol–water partition coefficient (Wildman–Crippen LogP) is 2.77. The molecule has 0 bridgehead atoms. The summed E-state index contributed by atoms with van der Waals surface area (Å²) in [7, 11) is 0.837. The lowest BCUT2D eigenvalue weighted by Crippen LogP contribution is -2.15. The van der Waals surface area contributed by atoms with Crippen molar-refractivity contribution in [3.63, 3.8) is 0 Å². The summed E-state index contributed by atoms with van der Waals surface area (Å²) in [4.78, 5) is 10.9. The van der Waals surface area contributed by atoms with E-state index in [-0.39, 0.29) is 12.1 Å². The summed E-state index contributed by atoms with van der Waals surface area (Å²) in [6.07, 6.45) is -4.96. The fraction of sp³-hybridized carbons (Fsp3) is 0.222. The fourth-order valence-corrected chi connectivity index (χ4v) is 1.06. The van der Waals surface area contributed by atoms with E-state index in [9.17, 15) is 26.7 Å². The monoisotopic (exact) mass is 240 g/mol. The third kappa shape index (κ3) is 2.29. The van der Waals surface area contributed by atoms with Crippen molar-refractivity contribution in [3.05, 3.63) is 34.9 Å². The standard InChI is InChI=1S/C9H5F5O2/c1-16-8(15)4-2-6(10)7(11)3-5(4)9(12,13)14/h2-3H,1H3. The Morgan fingerprint density at radius 1 is 1.19 bits per heavy atom. The number of carbonyl (C=O) groups is 1. The van der Waals surface area contributed by atoms with E-state index in [0.29, 0.717) is 0 Å². The van der Waals surface area contributed by atoms with Gasteiger partial charge in [0.05, 0.1) is 18.2 Å². The van der Waals surface area contributed by atoms with Crippen molar-refractivity contribution >= 4 is 5.97 Å². The summed E-state index contributed by atoms with van der Waals surface area (Å²) in [6.45, 7) is 0. The largest absolute Gasteiger partial charge is 0.465 e. The lowest BCUT2D eigenvalue weighted by molar-refractivity contribution is -0.138. The smallest absolute Gasteiger partial charge is 0.417 e. The van der Waals surface area contributed by atoms with Crippen LogP contribution in [0.5, 0.6) is 0 Å². The van der Waals surface area contributed by atoms with Crippen molar-refractivity contribution in [2.45, 2.75) is 6.18 Å². The summed E-state index contributed by atoms with van der Waals surface area (Å²) in [5.74, 6) is -4.61. The average molecular weight is 240 g/mol. The van der Waals surface area contributed by atoms with Gasteiger partial charge in [-0.2, -0.15) is 13.2 Å². The maximum atomic E-state index is 12.7. The Morgan fingerprint density at radius 2 is 1.69 bits per heavy atom. The minimum atomic E-state index is -4.96. The van der Waals surface area contributed by atoms with Gasteiger partial charge in [-0.3, -0.25) is 0 Å². The highest BCUT2D eigenvalue weighted by atomic mass is 19.4. The topological polar surface area (TPSA) is 26.3 Å². The molecule has 1 aromatic rings. The van der Waals surface area contributed by atoms with Crippen LogP contribution in [0.2, 0.25) is 0 Å². The fourth-order valence-electron chi connectivity index (χ4n) is 1.06.